The van der Waals surface area contributed by atoms with Gasteiger partial charge >= 0.3 is 5.97 Å². The number of methoxy groups -OCH3 is 2. The van der Waals surface area contributed by atoms with Gasteiger partial charge in [0.25, 0.3) is 5.91 Å². The van der Waals surface area contributed by atoms with Gasteiger partial charge in [-0.3, -0.25) is 9.59 Å². The Balaban J connectivity index is 2.63. The van der Waals surface area contributed by atoms with E-state index >= 15 is 0 Å². The van der Waals surface area contributed by atoms with E-state index in [-0.39, 0.29) is 11.4 Å². The van der Waals surface area contributed by atoms with Gasteiger partial charge in [-0.1, -0.05) is 0 Å². The third kappa shape index (κ3) is 6.62. The molecule has 1 aromatic carbocycles. The van der Waals surface area contributed by atoms with Crippen LogP contribution in [0, 0.1) is 0 Å². The smallest absolute Gasteiger partial charge is 0.324 e. The van der Waals surface area contributed by atoms with Crippen LogP contribution in [0.3, 0.4) is 0 Å². The molecule has 0 fully saturated rings. The Labute approximate surface area is 153 Å². The molecule has 26 heavy (non-hydrogen) atoms. The number of hydrogen-bond acceptors (Lipinski definition) is 7. The van der Waals surface area contributed by atoms with Gasteiger partial charge < -0.3 is 19.5 Å². The van der Waals surface area contributed by atoms with Crippen molar-refractivity contribution >= 4 is 21.9 Å². The molecule has 9 nitrogen and oxygen atoms in total. The summed E-state index contributed by atoms with van der Waals surface area (Å²) in [6, 6.07) is 4.51. The Hall–Kier alpha value is -2.17. The molecule has 1 amide bonds. The van der Waals surface area contributed by atoms with Gasteiger partial charge in [0, 0.05) is 13.7 Å². The van der Waals surface area contributed by atoms with Crippen molar-refractivity contribution < 1.29 is 32.2 Å². The lowest BCUT2D eigenvalue weighted by Gasteiger charge is -2.17. The first-order valence-corrected chi connectivity index (χ1v) is 9.33. The molecule has 1 rings (SSSR count). The molecule has 0 radical (unpaired) electrons. The molecule has 2 N–H and O–H groups in total. The number of sulfonamides is 1. The summed E-state index contributed by atoms with van der Waals surface area (Å²) < 4.78 is 41.5. The monoisotopic (exact) mass is 388 g/mol. The highest BCUT2D eigenvalue weighted by Crippen LogP contribution is 2.15. The highest BCUT2D eigenvalue weighted by Gasteiger charge is 2.26. The molecule has 0 aliphatic carbocycles. The van der Waals surface area contributed by atoms with Gasteiger partial charge in [-0.2, -0.15) is 4.72 Å². The molecular formula is C16H24N2O7S. The van der Waals surface area contributed by atoms with Crippen molar-refractivity contribution in [2.24, 2.45) is 0 Å². The molecule has 0 heterocycles. The van der Waals surface area contributed by atoms with Crippen LogP contribution in [0.15, 0.2) is 29.2 Å². The maximum atomic E-state index is 12.3. The van der Waals surface area contributed by atoms with Gasteiger partial charge in [0.15, 0.2) is 6.10 Å². The van der Waals surface area contributed by atoms with Crippen LogP contribution in [0.25, 0.3) is 0 Å². The number of esters is 1. The van der Waals surface area contributed by atoms with Crippen molar-refractivity contribution in [3.8, 4) is 5.75 Å². The lowest BCUT2D eigenvalue weighted by atomic mass is 10.3. The number of nitrogens with one attached hydrogen (secondary N) is 2. The Morgan fingerprint density at radius 2 is 1.73 bits per heavy atom. The zero-order chi connectivity index (χ0) is 19.7. The Kier molecular flexibility index (Phi) is 8.49. The molecule has 0 unspecified atom stereocenters. The van der Waals surface area contributed by atoms with Crippen LogP contribution >= 0.6 is 0 Å². The second-order valence-corrected chi connectivity index (χ2v) is 7.10. The topological polar surface area (TPSA) is 120 Å². The van der Waals surface area contributed by atoms with Crippen molar-refractivity contribution in [1.29, 1.82) is 0 Å². The Morgan fingerprint density at radius 3 is 2.27 bits per heavy atom. The van der Waals surface area contributed by atoms with Crippen LogP contribution in [-0.2, 0) is 29.1 Å². The summed E-state index contributed by atoms with van der Waals surface area (Å²) in [4.78, 5) is 23.7. The van der Waals surface area contributed by atoms with Gasteiger partial charge in [0.1, 0.15) is 11.8 Å². The zero-order valence-corrected chi connectivity index (χ0v) is 16.0. The summed E-state index contributed by atoms with van der Waals surface area (Å²) in [5, 5.41) is 2.52. The second-order valence-electron chi connectivity index (χ2n) is 5.38. The third-order valence-corrected chi connectivity index (χ3v) is 4.88. The van der Waals surface area contributed by atoms with Crippen LogP contribution in [0.2, 0.25) is 0 Å². The van der Waals surface area contributed by atoms with E-state index in [1.165, 1.54) is 52.3 Å². The van der Waals surface area contributed by atoms with Crippen LogP contribution in [0.4, 0.5) is 0 Å². The van der Waals surface area contributed by atoms with Gasteiger partial charge in [-0.15, -0.1) is 0 Å². The molecule has 10 heteroatoms. The van der Waals surface area contributed by atoms with Crippen LogP contribution in [0.1, 0.15) is 13.8 Å². The first-order valence-electron chi connectivity index (χ1n) is 7.84. The van der Waals surface area contributed by atoms with Crippen molar-refractivity contribution in [2.75, 3.05) is 27.4 Å². The van der Waals surface area contributed by atoms with Gasteiger partial charge in [-0.25, -0.2) is 8.42 Å². The minimum atomic E-state index is -3.93. The van der Waals surface area contributed by atoms with E-state index in [9.17, 15) is 18.0 Å². The first-order chi connectivity index (χ1) is 12.2. The minimum absolute atomic E-state index is 0.0247. The molecule has 0 aromatic heterocycles. The Morgan fingerprint density at radius 1 is 1.12 bits per heavy atom. The Bertz CT molecular complexity index is 704. The summed E-state index contributed by atoms with van der Waals surface area (Å²) in [5.74, 6) is -0.859. The molecule has 0 saturated carbocycles. The molecule has 0 saturated heterocycles. The average Bonchev–Trinajstić information content (AvgIpc) is 2.61. The van der Waals surface area contributed by atoms with Crippen LogP contribution in [0.5, 0.6) is 5.75 Å². The number of hydrogen-bond donors (Lipinski definition) is 2. The largest absolute Gasteiger partial charge is 0.497 e. The first kappa shape index (κ1) is 21.9. The maximum Gasteiger partial charge on any atom is 0.324 e. The van der Waals surface area contributed by atoms with Gasteiger partial charge in [0.2, 0.25) is 10.0 Å². The molecule has 2 atom stereocenters. The summed E-state index contributed by atoms with van der Waals surface area (Å²) in [6.07, 6.45) is -1.06. The highest BCUT2D eigenvalue weighted by atomic mass is 32.2. The summed E-state index contributed by atoms with van der Waals surface area (Å²) >= 11 is 0. The number of carbonyl (C=O) groups excluding carboxylic acids is 2. The molecule has 0 aliphatic rings. The summed E-state index contributed by atoms with van der Waals surface area (Å²) in [7, 11) is -0.970. The van der Waals surface area contributed by atoms with Crippen molar-refractivity contribution in [1.82, 2.24) is 10.0 Å². The molecular weight excluding hydrogens is 364 g/mol. The lowest BCUT2D eigenvalue weighted by molar-refractivity contribution is -0.156. The van der Waals surface area contributed by atoms with Crippen LogP contribution < -0.4 is 14.8 Å². The molecule has 1 aromatic rings. The highest BCUT2D eigenvalue weighted by molar-refractivity contribution is 7.89. The average molecular weight is 388 g/mol. The van der Waals surface area contributed by atoms with Crippen molar-refractivity contribution in [2.45, 2.75) is 30.9 Å². The maximum absolute atomic E-state index is 12.3. The lowest BCUT2D eigenvalue weighted by Crippen LogP contribution is -2.43. The van der Waals surface area contributed by atoms with Crippen LogP contribution in [-0.4, -0.2) is 59.8 Å². The molecule has 0 bridgehead atoms. The number of amides is 1. The zero-order valence-electron chi connectivity index (χ0n) is 15.1. The fourth-order valence-electron chi connectivity index (χ4n) is 1.85. The quantitative estimate of drug-likeness (QED) is 0.429. The molecule has 146 valence electrons. The SMILES string of the molecule is COCCNC(=O)[C@H](C)OC(=O)[C@H](C)NS(=O)(=O)c1ccc(OC)cc1. The minimum Gasteiger partial charge on any atom is -0.497 e. The second kappa shape index (κ2) is 10.1. The predicted octanol–water partition coefficient (Wildman–Crippen LogP) is 0.0563. The standard InChI is InChI=1S/C16H24N2O7S/c1-11(16(20)25-12(2)15(19)17-9-10-23-3)18-26(21,22)14-7-5-13(24-4)6-8-14/h5-8,11-12,18H,9-10H2,1-4H3,(H,17,19)/t11-,12-/m0/s1. The van der Waals surface area contributed by atoms with E-state index in [1.807, 2.05) is 0 Å². The van der Waals surface area contributed by atoms with E-state index in [1.54, 1.807) is 0 Å². The predicted molar refractivity (Wildman–Crippen MR) is 93.2 cm³/mol. The number of benzene rings is 1. The fourth-order valence-corrected chi connectivity index (χ4v) is 3.05. The van der Waals surface area contributed by atoms with E-state index in [0.29, 0.717) is 12.4 Å². The fraction of sp³-hybridized carbons (Fsp3) is 0.500. The number of rotatable bonds is 10. The number of ether oxygens (including phenoxy) is 3. The third-order valence-electron chi connectivity index (χ3n) is 3.32. The van der Waals surface area contributed by atoms with E-state index in [2.05, 4.69) is 10.0 Å². The summed E-state index contributed by atoms with van der Waals surface area (Å²) in [5.41, 5.74) is 0. The number of carbonyl (C=O) groups is 2. The van der Waals surface area contributed by atoms with Crippen molar-refractivity contribution in [3.63, 3.8) is 0 Å². The molecule has 0 aliphatic heterocycles. The van der Waals surface area contributed by atoms with E-state index < -0.39 is 34.0 Å². The van der Waals surface area contributed by atoms with E-state index in [0.717, 1.165) is 0 Å². The normalized spacial score (nSPS) is 13.5. The molecule has 0 spiro atoms. The van der Waals surface area contributed by atoms with Gasteiger partial charge in [-0.05, 0) is 38.1 Å². The van der Waals surface area contributed by atoms with Crippen molar-refractivity contribution in [3.05, 3.63) is 24.3 Å². The summed E-state index contributed by atoms with van der Waals surface area (Å²) in [6.45, 7) is 3.32. The van der Waals surface area contributed by atoms with Gasteiger partial charge in [0.05, 0.1) is 18.6 Å². The van der Waals surface area contributed by atoms with E-state index in [4.69, 9.17) is 14.2 Å².